The summed E-state index contributed by atoms with van der Waals surface area (Å²) in [6.45, 7) is 1.95. The minimum Gasteiger partial charge on any atom is -0.322 e. The smallest absolute Gasteiger partial charge is 0.230 e. The summed E-state index contributed by atoms with van der Waals surface area (Å²) in [5.41, 5.74) is 0.755. The van der Waals surface area contributed by atoms with Gasteiger partial charge >= 0.3 is 0 Å². The molecule has 0 bridgehead atoms. The molecule has 1 fully saturated rings. The first kappa shape index (κ1) is 17.9. The summed E-state index contributed by atoms with van der Waals surface area (Å²) in [5.74, 6) is 0.383. The van der Waals surface area contributed by atoms with Gasteiger partial charge in [-0.15, -0.1) is 22.7 Å². The number of carbonyl (C=O) groups is 2. The van der Waals surface area contributed by atoms with Crippen molar-refractivity contribution in [2.24, 2.45) is 0 Å². The molecule has 9 heteroatoms. The third-order valence-electron chi connectivity index (χ3n) is 4.17. The fourth-order valence-corrected chi connectivity index (χ4v) is 4.36. The van der Waals surface area contributed by atoms with Gasteiger partial charge in [0.05, 0.1) is 11.3 Å². The Morgan fingerprint density at radius 3 is 2.85 bits per heavy atom. The molecular formula is C18H19N5O2S2. The van der Waals surface area contributed by atoms with E-state index in [1.165, 1.54) is 0 Å². The number of hydrogen-bond acceptors (Lipinski definition) is 6. The predicted molar refractivity (Wildman–Crippen MR) is 107 cm³/mol. The summed E-state index contributed by atoms with van der Waals surface area (Å²) in [5, 5.41) is 17.7. The number of rotatable bonds is 5. The van der Waals surface area contributed by atoms with E-state index in [1.807, 2.05) is 48.0 Å². The SMILES string of the molecule is CC1CC(=O)NC(n2nc(-c3cccs3)cc2NC(=O)Cc2cccs2)N1. The molecule has 0 radical (unpaired) electrons. The molecule has 3 aromatic rings. The van der Waals surface area contributed by atoms with Crippen LogP contribution in [0.15, 0.2) is 41.1 Å². The third-order valence-corrected chi connectivity index (χ3v) is 5.94. The van der Waals surface area contributed by atoms with Crippen molar-refractivity contribution in [3.8, 4) is 10.6 Å². The van der Waals surface area contributed by atoms with E-state index in [-0.39, 0.29) is 17.9 Å². The van der Waals surface area contributed by atoms with Gasteiger partial charge in [0, 0.05) is 23.4 Å². The van der Waals surface area contributed by atoms with E-state index in [0.29, 0.717) is 18.7 Å². The molecule has 1 aliphatic rings. The molecule has 2 amide bonds. The van der Waals surface area contributed by atoms with Crippen LogP contribution in [0.3, 0.4) is 0 Å². The maximum absolute atomic E-state index is 12.5. The fourth-order valence-electron chi connectivity index (χ4n) is 2.98. The van der Waals surface area contributed by atoms with Crippen LogP contribution in [0.2, 0.25) is 0 Å². The normalized spacial score (nSPS) is 19.7. The molecule has 7 nitrogen and oxygen atoms in total. The van der Waals surface area contributed by atoms with Gasteiger partial charge in [-0.3, -0.25) is 14.9 Å². The van der Waals surface area contributed by atoms with E-state index in [0.717, 1.165) is 15.4 Å². The van der Waals surface area contributed by atoms with Crippen LogP contribution in [0.25, 0.3) is 10.6 Å². The lowest BCUT2D eigenvalue weighted by atomic mass is 10.2. The largest absolute Gasteiger partial charge is 0.322 e. The Bertz CT molecular complexity index is 933. The molecule has 1 aliphatic heterocycles. The Labute approximate surface area is 164 Å². The Morgan fingerprint density at radius 1 is 1.33 bits per heavy atom. The Kier molecular flexibility index (Phi) is 5.06. The highest BCUT2D eigenvalue weighted by Gasteiger charge is 2.27. The van der Waals surface area contributed by atoms with Crippen LogP contribution in [0.1, 0.15) is 24.5 Å². The first-order chi connectivity index (χ1) is 13.1. The maximum atomic E-state index is 12.5. The van der Waals surface area contributed by atoms with E-state index < -0.39 is 6.29 Å². The van der Waals surface area contributed by atoms with Crippen molar-refractivity contribution in [1.29, 1.82) is 0 Å². The van der Waals surface area contributed by atoms with Gasteiger partial charge in [-0.25, -0.2) is 4.68 Å². The third kappa shape index (κ3) is 4.10. The highest BCUT2D eigenvalue weighted by Crippen LogP contribution is 2.28. The van der Waals surface area contributed by atoms with Crippen LogP contribution >= 0.6 is 22.7 Å². The van der Waals surface area contributed by atoms with Crippen molar-refractivity contribution in [1.82, 2.24) is 20.4 Å². The molecule has 0 aliphatic carbocycles. The van der Waals surface area contributed by atoms with Gasteiger partial charge in [0.15, 0.2) is 6.29 Å². The molecule has 4 rings (SSSR count). The molecule has 1 saturated heterocycles. The molecular weight excluding hydrogens is 382 g/mol. The lowest BCUT2D eigenvalue weighted by Gasteiger charge is -2.30. The van der Waals surface area contributed by atoms with Crippen LogP contribution in [0, 0.1) is 0 Å². The standard InChI is InChI=1S/C18H19N5O2S2/c1-11-8-16(24)21-18(19-11)23-15(10-13(22-23)14-5-3-7-27-14)20-17(25)9-12-4-2-6-26-12/h2-7,10-11,18-19H,8-9H2,1H3,(H,20,25)(H,21,24). The van der Waals surface area contributed by atoms with Crippen LogP contribution in [0.5, 0.6) is 0 Å². The number of amides is 2. The Morgan fingerprint density at radius 2 is 2.15 bits per heavy atom. The maximum Gasteiger partial charge on any atom is 0.230 e. The van der Waals surface area contributed by atoms with E-state index in [1.54, 1.807) is 27.4 Å². The number of nitrogens with zero attached hydrogens (tertiary/aromatic N) is 2. The first-order valence-corrected chi connectivity index (χ1v) is 10.4. The highest BCUT2D eigenvalue weighted by molar-refractivity contribution is 7.13. The zero-order valence-corrected chi connectivity index (χ0v) is 16.3. The first-order valence-electron chi connectivity index (χ1n) is 8.59. The van der Waals surface area contributed by atoms with Crippen molar-refractivity contribution in [2.45, 2.75) is 32.1 Å². The van der Waals surface area contributed by atoms with Crippen molar-refractivity contribution in [2.75, 3.05) is 5.32 Å². The van der Waals surface area contributed by atoms with E-state index in [2.05, 4.69) is 21.0 Å². The number of aromatic nitrogens is 2. The number of carbonyl (C=O) groups excluding carboxylic acids is 2. The monoisotopic (exact) mass is 401 g/mol. The molecule has 2 unspecified atom stereocenters. The quantitative estimate of drug-likeness (QED) is 0.613. The van der Waals surface area contributed by atoms with Gasteiger partial charge in [-0.05, 0) is 29.8 Å². The molecule has 0 aromatic carbocycles. The summed E-state index contributed by atoms with van der Waals surface area (Å²) in [6, 6.07) is 9.65. The van der Waals surface area contributed by atoms with Gasteiger partial charge in [-0.2, -0.15) is 5.10 Å². The van der Waals surface area contributed by atoms with Gasteiger partial charge in [0.25, 0.3) is 0 Å². The zero-order valence-electron chi connectivity index (χ0n) is 14.6. The number of anilines is 1. The summed E-state index contributed by atoms with van der Waals surface area (Å²) in [6.07, 6.45) is 0.209. The lowest BCUT2D eigenvalue weighted by molar-refractivity contribution is -0.125. The lowest BCUT2D eigenvalue weighted by Crippen LogP contribution is -2.52. The van der Waals surface area contributed by atoms with Gasteiger partial charge in [0.2, 0.25) is 11.8 Å². The Balaban J connectivity index is 1.62. The molecule has 2 atom stereocenters. The predicted octanol–water partition coefficient (Wildman–Crippen LogP) is 2.81. The number of thiophene rings is 2. The van der Waals surface area contributed by atoms with Crippen molar-refractivity contribution < 1.29 is 9.59 Å². The van der Waals surface area contributed by atoms with Crippen LogP contribution in [0.4, 0.5) is 5.82 Å². The van der Waals surface area contributed by atoms with Crippen LogP contribution < -0.4 is 16.0 Å². The molecule has 3 N–H and O–H groups in total. The Hall–Kier alpha value is -2.49. The summed E-state index contributed by atoms with van der Waals surface area (Å²) < 4.78 is 1.63. The summed E-state index contributed by atoms with van der Waals surface area (Å²) >= 11 is 3.12. The van der Waals surface area contributed by atoms with E-state index in [9.17, 15) is 9.59 Å². The van der Waals surface area contributed by atoms with Crippen LogP contribution in [-0.4, -0.2) is 27.6 Å². The second-order valence-corrected chi connectivity index (χ2v) is 8.36. The van der Waals surface area contributed by atoms with Crippen molar-refractivity contribution in [3.63, 3.8) is 0 Å². The molecule has 0 saturated carbocycles. The molecule has 140 valence electrons. The average molecular weight is 402 g/mol. The number of nitrogens with one attached hydrogen (secondary N) is 3. The minimum atomic E-state index is -0.507. The average Bonchev–Trinajstić information content (AvgIpc) is 3.35. The second-order valence-electron chi connectivity index (χ2n) is 6.38. The van der Waals surface area contributed by atoms with E-state index >= 15 is 0 Å². The topological polar surface area (TPSA) is 88.1 Å². The highest BCUT2D eigenvalue weighted by atomic mass is 32.1. The minimum absolute atomic E-state index is 0.0211. The summed E-state index contributed by atoms with van der Waals surface area (Å²) in [4.78, 5) is 26.4. The molecule has 3 aromatic heterocycles. The number of hydrogen-bond donors (Lipinski definition) is 3. The van der Waals surface area contributed by atoms with Gasteiger partial charge in [0.1, 0.15) is 11.5 Å². The van der Waals surface area contributed by atoms with Crippen molar-refractivity contribution in [3.05, 3.63) is 46.0 Å². The second kappa shape index (κ2) is 7.63. The zero-order chi connectivity index (χ0) is 18.8. The summed E-state index contributed by atoms with van der Waals surface area (Å²) in [7, 11) is 0. The van der Waals surface area contributed by atoms with Crippen LogP contribution in [-0.2, 0) is 16.0 Å². The van der Waals surface area contributed by atoms with Gasteiger partial charge < -0.3 is 10.6 Å². The van der Waals surface area contributed by atoms with E-state index in [4.69, 9.17) is 0 Å². The fraction of sp³-hybridized carbons (Fsp3) is 0.278. The van der Waals surface area contributed by atoms with Gasteiger partial charge in [-0.1, -0.05) is 12.1 Å². The molecule has 0 spiro atoms. The molecule has 4 heterocycles. The molecule has 27 heavy (non-hydrogen) atoms. The van der Waals surface area contributed by atoms with Crippen molar-refractivity contribution >= 4 is 40.3 Å².